The number of nitrogens with zero attached hydrogens (tertiary/aromatic N) is 2. The second kappa shape index (κ2) is 10.2. The molecule has 144 valence electrons. The summed E-state index contributed by atoms with van der Waals surface area (Å²) in [5.41, 5.74) is 3.10. The zero-order valence-electron chi connectivity index (χ0n) is 16.0. The molecule has 5 nitrogen and oxygen atoms in total. The number of hydrogen-bond donors (Lipinski definition) is 1. The fraction of sp³-hybridized carbons (Fsp3) is 0.217. The lowest BCUT2D eigenvalue weighted by Crippen LogP contribution is -2.31. The summed E-state index contributed by atoms with van der Waals surface area (Å²) in [4.78, 5) is 18.3. The van der Waals surface area contributed by atoms with E-state index < -0.39 is 0 Å². The van der Waals surface area contributed by atoms with Crippen molar-refractivity contribution in [2.75, 3.05) is 25.5 Å². The van der Waals surface area contributed by atoms with Crippen molar-refractivity contribution in [3.8, 4) is 5.75 Å². The van der Waals surface area contributed by atoms with Gasteiger partial charge in [-0.15, -0.1) is 0 Å². The van der Waals surface area contributed by atoms with Gasteiger partial charge in [0, 0.05) is 24.6 Å². The summed E-state index contributed by atoms with van der Waals surface area (Å²) in [6, 6.07) is 21.5. The van der Waals surface area contributed by atoms with Gasteiger partial charge in [-0.05, 0) is 61.0 Å². The predicted octanol–water partition coefficient (Wildman–Crippen LogP) is 3.77. The van der Waals surface area contributed by atoms with Crippen LogP contribution >= 0.6 is 0 Å². The average molecular weight is 375 g/mol. The number of benzene rings is 2. The van der Waals surface area contributed by atoms with Crippen LogP contribution in [0.4, 0.5) is 5.69 Å². The van der Waals surface area contributed by atoms with Crippen molar-refractivity contribution < 1.29 is 9.53 Å². The first-order valence-electron chi connectivity index (χ1n) is 9.33. The summed E-state index contributed by atoms with van der Waals surface area (Å²) < 4.78 is 5.77. The molecule has 1 amide bonds. The summed E-state index contributed by atoms with van der Waals surface area (Å²) in [6.07, 6.45) is 4.46. The molecule has 0 aliphatic carbocycles. The Hall–Kier alpha value is -3.18. The molecule has 1 aromatic heterocycles. The van der Waals surface area contributed by atoms with Gasteiger partial charge in [-0.2, -0.15) is 0 Å². The van der Waals surface area contributed by atoms with Gasteiger partial charge < -0.3 is 10.1 Å². The van der Waals surface area contributed by atoms with Crippen molar-refractivity contribution in [3.05, 3.63) is 90.3 Å². The van der Waals surface area contributed by atoms with Gasteiger partial charge in [0.1, 0.15) is 12.4 Å². The highest BCUT2D eigenvalue weighted by Gasteiger charge is 2.07. The van der Waals surface area contributed by atoms with E-state index in [1.165, 1.54) is 5.56 Å². The third kappa shape index (κ3) is 6.52. The van der Waals surface area contributed by atoms with Crippen molar-refractivity contribution in [2.24, 2.45) is 0 Å². The van der Waals surface area contributed by atoms with Crippen molar-refractivity contribution in [2.45, 2.75) is 13.0 Å². The normalized spacial score (nSPS) is 10.6. The molecule has 0 aliphatic rings. The van der Waals surface area contributed by atoms with Crippen LogP contribution in [0, 0.1) is 0 Å². The molecule has 1 heterocycles. The molecule has 2 aromatic carbocycles. The molecule has 0 radical (unpaired) electrons. The van der Waals surface area contributed by atoms with Crippen molar-refractivity contribution in [1.82, 2.24) is 9.88 Å². The summed E-state index contributed by atoms with van der Waals surface area (Å²) in [5.74, 6) is 0.742. The Morgan fingerprint density at radius 2 is 1.68 bits per heavy atom. The topological polar surface area (TPSA) is 54.5 Å². The summed E-state index contributed by atoms with van der Waals surface area (Å²) in [6.45, 7) is 1.68. The fourth-order valence-electron chi connectivity index (χ4n) is 2.77. The lowest BCUT2D eigenvalue weighted by atomic mass is 10.2. The summed E-state index contributed by atoms with van der Waals surface area (Å²) in [7, 11) is 1.95. The molecular formula is C23H25N3O2. The molecular weight excluding hydrogens is 350 g/mol. The maximum absolute atomic E-state index is 12.2. The van der Waals surface area contributed by atoms with Crippen molar-refractivity contribution >= 4 is 11.6 Å². The number of aromatic nitrogens is 1. The van der Waals surface area contributed by atoms with Gasteiger partial charge >= 0.3 is 0 Å². The fourth-order valence-corrected chi connectivity index (χ4v) is 2.77. The van der Waals surface area contributed by atoms with E-state index in [1.54, 1.807) is 12.4 Å². The molecule has 0 bridgehead atoms. The third-order valence-electron chi connectivity index (χ3n) is 4.33. The van der Waals surface area contributed by atoms with Crippen LogP contribution in [-0.2, 0) is 17.8 Å². The van der Waals surface area contributed by atoms with Gasteiger partial charge in [0.25, 0.3) is 0 Å². The number of pyridine rings is 1. The van der Waals surface area contributed by atoms with Crippen LogP contribution in [-0.4, -0.2) is 35.9 Å². The lowest BCUT2D eigenvalue weighted by Gasteiger charge is -2.16. The summed E-state index contributed by atoms with van der Waals surface area (Å²) >= 11 is 0. The van der Waals surface area contributed by atoms with Gasteiger partial charge in [-0.1, -0.05) is 30.3 Å². The standard InChI is InChI=1S/C23H25N3O2/c1-26(16-13-19-11-14-24-15-12-19)17-23(27)25-21-7-9-22(10-8-21)28-18-20-5-3-2-4-6-20/h2-12,14-15H,13,16-18H2,1H3,(H,25,27). The van der Waals surface area contributed by atoms with E-state index in [4.69, 9.17) is 4.74 Å². The summed E-state index contributed by atoms with van der Waals surface area (Å²) in [5, 5.41) is 2.93. The van der Waals surface area contributed by atoms with Crippen molar-refractivity contribution in [3.63, 3.8) is 0 Å². The Bertz CT molecular complexity index is 852. The lowest BCUT2D eigenvalue weighted by molar-refractivity contribution is -0.117. The first kappa shape index (κ1) is 19.6. The quantitative estimate of drug-likeness (QED) is 0.618. The maximum atomic E-state index is 12.2. The zero-order valence-corrected chi connectivity index (χ0v) is 16.0. The molecule has 3 rings (SSSR count). The number of nitrogens with one attached hydrogen (secondary N) is 1. The maximum Gasteiger partial charge on any atom is 0.238 e. The average Bonchev–Trinajstić information content (AvgIpc) is 2.73. The molecule has 0 spiro atoms. The molecule has 28 heavy (non-hydrogen) atoms. The van der Waals surface area contributed by atoms with E-state index in [9.17, 15) is 4.79 Å². The highest BCUT2D eigenvalue weighted by Crippen LogP contribution is 2.17. The van der Waals surface area contributed by atoms with Crippen molar-refractivity contribution in [1.29, 1.82) is 0 Å². The van der Waals surface area contributed by atoms with E-state index in [0.29, 0.717) is 13.2 Å². The van der Waals surface area contributed by atoms with Crippen LogP contribution in [0.25, 0.3) is 0 Å². The molecule has 1 N–H and O–H groups in total. The highest BCUT2D eigenvalue weighted by molar-refractivity contribution is 5.92. The zero-order chi connectivity index (χ0) is 19.6. The van der Waals surface area contributed by atoms with E-state index in [0.717, 1.165) is 30.0 Å². The third-order valence-corrected chi connectivity index (χ3v) is 4.33. The van der Waals surface area contributed by atoms with Crippen LogP contribution in [0.15, 0.2) is 79.1 Å². The number of rotatable bonds is 9. The number of likely N-dealkylation sites (N-methyl/N-ethyl adjacent to an activating group) is 1. The Morgan fingerprint density at radius 1 is 0.964 bits per heavy atom. The van der Waals surface area contributed by atoms with Crippen LogP contribution in [0.2, 0.25) is 0 Å². The predicted molar refractivity (Wildman–Crippen MR) is 111 cm³/mol. The second-order valence-electron chi connectivity index (χ2n) is 6.69. The number of carbonyl (C=O) groups is 1. The smallest absolute Gasteiger partial charge is 0.238 e. The molecule has 0 saturated carbocycles. The van der Waals surface area contributed by atoms with Crippen LogP contribution < -0.4 is 10.1 Å². The first-order chi connectivity index (χ1) is 13.7. The van der Waals surface area contributed by atoms with Crippen LogP contribution in [0.5, 0.6) is 5.75 Å². The molecule has 3 aromatic rings. The highest BCUT2D eigenvalue weighted by atomic mass is 16.5. The van der Waals surface area contributed by atoms with E-state index >= 15 is 0 Å². The number of hydrogen-bond acceptors (Lipinski definition) is 4. The monoisotopic (exact) mass is 375 g/mol. The molecule has 0 aliphatic heterocycles. The van der Waals surface area contributed by atoms with E-state index in [2.05, 4.69) is 10.3 Å². The minimum Gasteiger partial charge on any atom is -0.489 e. The minimum absolute atomic E-state index is 0.0322. The second-order valence-corrected chi connectivity index (χ2v) is 6.69. The first-order valence-corrected chi connectivity index (χ1v) is 9.33. The Morgan fingerprint density at radius 3 is 2.39 bits per heavy atom. The van der Waals surface area contributed by atoms with Gasteiger partial charge in [0.05, 0.1) is 6.54 Å². The van der Waals surface area contributed by atoms with Crippen LogP contribution in [0.3, 0.4) is 0 Å². The van der Waals surface area contributed by atoms with Gasteiger partial charge in [0.15, 0.2) is 0 Å². The number of ether oxygens (including phenoxy) is 1. The Kier molecular flexibility index (Phi) is 7.15. The van der Waals surface area contributed by atoms with Gasteiger partial charge in [-0.3, -0.25) is 14.7 Å². The largest absolute Gasteiger partial charge is 0.489 e. The molecule has 0 saturated heterocycles. The van der Waals surface area contributed by atoms with E-state index in [1.807, 2.05) is 78.7 Å². The number of carbonyl (C=O) groups excluding carboxylic acids is 1. The molecule has 0 unspecified atom stereocenters. The van der Waals surface area contributed by atoms with Gasteiger partial charge in [0.2, 0.25) is 5.91 Å². The molecule has 0 atom stereocenters. The molecule has 5 heteroatoms. The number of amides is 1. The van der Waals surface area contributed by atoms with Gasteiger partial charge in [-0.25, -0.2) is 0 Å². The SMILES string of the molecule is CN(CCc1ccncc1)CC(=O)Nc1ccc(OCc2ccccc2)cc1. The minimum atomic E-state index is -0.0322. The molecule has 0 fully saturated rings. The van der Waals surface area contributed by atoms with E-state index in [-0.39, 0.29) is 5.91 Å². The Labute approximate surface area is 166 Å². The number of anilines is 1. The van der Waals surface area contributed by atoms with Crippen LogP contribution in [0.1, 0.15) is 11.1 Å². The Balaban J connectivity index is 1.41.